The second-order valence-corrected chi connectivity index (χ2v) is 8.24. The van der Waals surface area contributed by atoms with E-state index in [1.54, 1.807) is 18.5 Å². The second kappa shape index (κ2) is 8.55. The molecule has 3 aromatic heterocycles. The number of rotatable bonds is 6. The highest BCUT2D eigenvalue weighted by atomic mass is 19.1. The SMILES string of the molecule is C[C@H](c1ccc(F)cc1)n1cncc1CN1CCN(Cc2cn3ccccc3n2)C(=O)C1. The van der Waals surface area contributed by atoms with Crippen LogP contribution >= 0.6 is 0 Å². The molecule has 0 bridgehead atoms. The third kappa shape index (κ3) is 4.13. The Kier molecular flexibility index (Phi) is 5.45. The van der Waals surface area contributed by atoms with Crippen LogP contribution < -0.4 is 0 Å². The van der Waals surface area contributed by atoms with Crippen molar-refractivity contribution in [2.24, 2.45) is 0 Å². The summed E-state index contributed by atoms with van der Waals surface area (Å²) in [6.45, 7) is 5.04. The maximum Gasteiger partial charge on any atom is 0.237 e. The smallest absolute Gasteiger partial charge is 0.237 e. The van der Waals surface area contributed by atoms with Crippen LogP contribution in [0.1, 0.15) is 29.9 Å². The van der Waals surface area contributed by atoms with Gasteiger partial charge in [-0.15, -0.1) is 0 Å². The maximum atomic E-state index is 13.3. The molecule has 7 nitrogen and oxygen atoms in total. The molecule has 1 aliphatic heterocycles. The molecule has 0 spiro atoms. The molecule has 4 heterocycles. The van der Waals surface area contributed by atoms with Crippen molar-refractivity contribution in [3.8, 4) is 0 Å². The van der Waals surface area contributed by atoms with E-state index >= 15 is 0 Å². The van der Waals surface area contributed by atoms with E-state index in [-0.39, 0.29) is 17.8 Å². The van der Waals surface area contributed by atoms with Crippen LogP contribution in [0.2, 0.25) is 0 Å². The van der Waals surface area contributed by atoms with Crippen molar-refractivity contribution >= 4 is 11.6 Å². The Labute approximate surface area is 185 Å². The molecule has 5 rings (SSSR count). The first kappa shape index (κ1) is 20.4. The summed E-state index contributed by atoms with van der Waals surface area (Å²) in [6, 6.07) is 12.4. The lowest BCUT2D eigenvalue weighted by Gasteiger charge is -2.34. The lowest BCUT2D eigenvalue weighted by atomic mass is 10.1. The van der Waals surface area contributed by atoms with Gasteiger partial charge in [0.15, 0.2) is 0 Å². The monoisotopic (exact) mass is 432 g/mol. The number of benzene rings is 1. The quantitative estimate of drug-likeness (QED) is 0.470. The fourth-order valence-electron chi connectivity index (χ4n) is 4.25. The second-order valence-electron chi connectivity index (χ2n) is 8.24. The molecule has 164 valence electrons. The number of fused-ring (bicyclic) bond motifs is 1. The van der Waals surface area contributed by atoms with E-state index in [9.17, 15) is 9.18 Å². The average Bonchev–Trinajstić information content (AvgIpc) is 3.42. The van der Waals surface area contributed by atoms with E-state index in [1.165, 1.54) is 12.1 Å². The van der Waals surface area contributed by atoms with Gasteiger partial charge >= 0.3 is 0 Å². The number of carbonyl (C=O) groups excluding carboxylic acids is 1. The molecule has 32 heavy (non-hydrogen) atoms. The average molecular weight is 433 g/mol. The molecule has 1 atom stereocenters. The third-order valence-corrected chi connectivity index (χ3v) is 6.07. The Hall–Kier alpha value is -3.52. The van der Waals surface area contributed by atoms with Gasteiger partial charge in [0.2, 0.25) is 5.91 Å². The van der Waals surface area contributed by atoms with Crippen LogP contribution in [0.3, 0.4) is 0 Å². The summed E-state index contributed by atoms with van der Waals surface area (Å²) in [5, 5.41) is 0. The zero-order valence-electron chi connectivity index (χ0n) is 17.9. The Balaban J connectivity index is 1.22. The van der Waals surface area contributed by atoms with Gasteiger partial charge in [-0.05, 0) is 36.8 Å². The first-order chi connectivity index (χ1) is 15.6. The number of hydrogen-bond donors (Lipinski definition) is 0. The minimum atomic E-state index is -0.244. The Morgan fingerprint density at radius 3 is 2.72 bits per heavy atom. The van der Waals surface area contributed by atoms with Gasteiger partial charge in [0.1, 0.15) is 11.5 Å². The van der Waals surface area contributed by atoms with Crippen molar-refractivity contribution in [2.75, 3.05) is 19.6 Å². The zero-order valence-corrected chi connectivity index (χ0v) is 17.9. The van der Waals surface area contributed by atoms with Crippen molar-refractivity contribution in [1.82, 2.24) is 28.7 Å². The molecular weight excluding hydrogens is 407 g/mol. The van der Waals surface area contributed by atoms with Crippen molar-refractivity contribution in [2.45, 2.75) is 26.1 Å². The van der Waals surface area contributed by atoms with Crippen LogP contribution in [0.25, 0.3) is 5.65 Å². The van der Waals surface area contributed by atoms with Crippen LogP contribution in [0.5, 0.6) is 0 Å². The summed E-state index contributed by atoms with van der Waals surface area (Å²) in [6.07, 6.45) is 7.57. The number of aromatic nitrogens is 4. The van der Waals surface area contributed by atoms with Gasteiger partial charge in [0.25, 0.3) is 0 Å². The zero-order chi connectivity index (χ0) is 22.1. The molecule has 1 fully saturated rings. The van der Waals surface area contributed by atoms with Crippen LogP contribution in [-0.4, -0.2) is 54.3 Å². The lowest BCUT2D eigenvalue weighted by Crippen LogP contribution is -2.49. The molecule has 0 aliphatic carbocycles. The third-order valence-electron chi connectivity index (χ3n) is 6.07. The standard InChI is InChI=1S/C24H25FN6O/c1-18(19-5-7-20(25)8-6-19)31-17-26-12-22(31)15-28-10-11-30(24(32)16-28)14-21-13-29-9-3-2-4-23(29)27-21/h2-9,12-13,17-18H,10-11,14-16H2,1H3/t18-/m1/s1. The van der Waals surface area contributed by atoms with Gasteiger partial charge in [0, 0.05) is 38.2 Å². The van der Waals surface area contributed by atoms with E-state index in [2.05, 4.69) is 26.4 Å². The minimum absolute atomic E-state index is 0.0279. The van der Waals surface area contributed by atoms with Gasteiger partial charge in [-0.2, -0.15) is 0 Å². The Morgan fingerprint density at radius 2 is 1.94 bits per heavy atom. The van der Waals surface area contributed by atoms with Crippen LogP contribution in [0.4, 0.5) is 4.39 Å². The summed E-state index contributed by atoms with van der Waals surface area (Å²) < 4.78 is 17.3. The van der Waals surface area contributed by atoms with E-state index < -0.39 is 0 Å². The van der Waals surface area contributed by atoms with Gasteiger partial charge < -0.3 is 13.9 Å². The van der Waals surface area contributed by atoms with Crippen molar-refractivity contribution in [3.63, 3.8) is 0 Å². The first-order valence-corrected chi connectivity index (χ1v) is 10.8. The fraction of sp³-hybridized carbons (Fsp3) is 0.292. The fourth-order valence-corrected chi connectivity index (χ4v) is 4.25. The van der Waals surface area contributed by atoms with E-state index in [0.29, 0.717) is 26.2 Å². The highest BCUT2D eigenvalue weighted by Gasteiger charge is 2.26. The van der Waals surface area contributed by atoms with Crippen LogP contribution in [0.15, 0.2) is 67.4 Å². The molecule has 8 heteroatoms. The molecule has 0 unspecified atom stereocenters. The number of amides is 1. The van der Waals surface area contributed by atoms with Crippen LogP contribution in [-0.2, 0) is 17.9 Å². The van der Waals surface area contributed by atoms with Crippen molar-refractivity contribution in [3.05, 3.63) is 90.2 Å². The number of pyridine rings is 1. The van der Waals surface area contributed by atoms with E-state index in [1.807, 2.05) is 46.1 Å². The Morgan fingerprint density at radius 1 is 1.09 bits per heavy atom. The number of piperazine rings is 1. The van der Waals surface area contributed by atoms with Gasteiger partial charge in [0.05, 0.1) is 36.8 Å². The number of hydrogen-bond acceptors (Lipinski definition) is 4. The first-order valence-electron chi connectivity index (χ1n) is 10.8. The number of halogens is 1. The molecule has 0 N–H and O–H groups in total. The highest BCUT2D eigenvalue weighted by Crippen LogP contribution is 2.21. The van der Waals surface area contributed by atoms with Crippen molar-refractivity contribution < 1.29 is 9.18 Å². The molecule has 0 radical (unpaired) electrons. The normalized spacial score (nSPS) is 16.1. The summed E-state index contributed by atoms with van der Waals surface area (Å²) >= 11 is 0. The molecule has 4 aromatic rings. The summed E-state index contributed by atoms with van der Waals surface area (Å²) in [5.41, 5.74) is 3.82. The largest absolute Gasteiger partial charge is 0.334 e. The van der Waals surface area contributed by atoms with Crippen molar-refractivity contribution in [1.29, 1.82) is 0 Å². The summed E-state index contributed by atoms with van der Waals surface area (Å²) in [4.78, 5) is 25.8. The summed E-state index contributed by atoms with van der Waals surface area (Å²) in [5.74, 6) is -0.141. The molecule has 1 aliphatic rings. The lowest BCUT2D eigenvalue weighted by molar-refractivity contribution is -0.137. The predicted molar refractivity (Wildman–Crippen MR) is 118 cm³/mol. The number of imidazole rings is 2. The highest BCUT2D eigenvalue weighted by molar-refractivity contribution is 5.79. The van der Waals surface area contributed by atoms with Gasteiger partial charge in [-0.25, -0.2) is 14.4 Å². The van der Waals surface area contributed by atoms with E-state index in [0.717, 1.165) is 29.1 Å². The molecule has 0 saturated carbocycles. The van der Waals surface area contributed by atoms with Crippen LogP contribution in [0, 0.1) is 5.82 Å². The van der Waals surface area contributed by atoms with E-state index in [4.69, 9.17) is 0 Å². The molecular formula is C24H25FN6O. The number of nitrogens with zero attached hydrogens (tertiary/aromatic N) is 6. The predicted octanol–water partition coefficient (Wildman–Crippen LogP) is 3.12. The van der Waals surface area contributed by atoms with Gasteiger partial charge in [-0.3, -0.25) is 9.69 Å². The summed E-state index contributed by atoms with van der Waals surface area (Å²) in [7, 11) is 0. The Bertz CT molecular complexity index is 1200. The molecule has 1 saturated heterocycles. The molecule has 1 aromatic carbocycles. The van der Waals surface area contributed by atoms with Gasteiger partial charge in [-0.1, -0.05) is 18.2 Å². The topological polar surface area (TPSA) is 58.7 Å². The number of carbonyl (C=O) groups is 1. The molecule has 1 amide bonds. The maximum absolute atomic E-state index is 13.3. The minimum Gasteiger partial charge on any atom is -0.334 e.